The van der Waals surface area contributed by atoms with E-state index in [1.807, 2.05) is 36.4 Å². The third kappa shape index (κ3) is 7.96. The number of benzene rings is 3. The molecule has 0 bridgehead atoms. The Bertz CT molecular complexity index is 1370. The number of non-ortho nitro benzene ring substituents is 1. The van der Waals surface area contributed by atoms with Crippen LogP contribution >= 0.6 is 0 Å². The molecular weight excluding hydrogens is 552 g/mol. The summed E-state index contributed by atoms with van der Waals surface area (Å²) in [7, 11) is 0. The van der Waals surface area contributed by atoms with Gasteiger partial charge in [0.25, 0.3) is 5.69 Å². The number of nitrogens with one attached hydrogen (secondary N) is 1. The van der Waals surface area contributed by atoms with Crippen LogP contribution in [0.4, 0.5) is 21.9 Å². The van der Waals surface area contributed by atoms with E-state index in [0.29, 0.717) is 12.1 Å². The van der Waals surface area contributed by atoms with Gasteiger partial charge in [0, 0.05) is 68.2 Å². The zero-order chi connectivity index (χ0) is 30.2. The van der Waals surface area contributed by atoms with Crippen molar-refractivity contribution in [1.82, 2.24) is 4.90 Å². The lowest BCUT2D eigenvalue weighted by molar-refractivity contribution is -0.384. The number of carbonyl (C=O) groups excluding carboxylic acids is 1. The van der Waals surface area contributed by atoms with Crippen molar-refractivity contribution in [3.05, 3.63) is 112 Å². The average molecular weight is 589 g/mol. The highest BCUT2D eigenvalue weighted by Gasteiger charge is 2.34. The smallest absolute Gasteiger partial charge is 0.411 e. The molecule has 11 nitrogen and oxygen atoms in total. The number of piperazine rings is 1. The molecule has 2 aliphatic heterocycles. The number of nitrogens with zero attached hydrogens (tertiary/aromatic N) is 3. The van der Waals surface area contributed by atoms with Crippen LogP contribution < -0.4 is 10.2 Å². The SMILES string of the molecule is C=CCOC(=O)Nc1ccc(C2OC(CN3CCN(c4ccc([N+](=O)[O-])cc4)CC3)CC(c3ccc(CO)cc3)O2)cc1. The second-order valence-corrected chi connectivity index (χ2v) is 10.5. The zero-order valence-electron chi connectivity index (χ0n) is 23.8. The fourth-order valence-corrected chi connectivity index (χ4v) is 5.31. The third-order valence-electron chi connectivity index (χ3n) is 7.64. The van der Waals surface area contributed by atoms with Gasteiger partial charge in [0.15, 0.2) is 6.29 Å². The van der Waals surface area contributed by atoms with Crippen LogP contribution in [-0.2, 0) is 20.8 Å². The van der Waals surface area contributed by atoms with E-state index in [9.17, 15) is 20.0 Å². The Morgan fingerprint density at radius 3 is 2.30 bits per heavy atom. The fourth-order valence-electron chi connectivity index (χ4n) is 5.31. The summed E-state index contributed by atoms with van der Waals surface area (Å²) in [6.45, 7) is 7.65. The number of ether oxygens (including phenoxy) is 3. The second-order valence-electron chi connectivity index (χ2n) is 10.5. The lowest BCUT2D eigenvalue weighted by Gasteiger charge is -2.41. The molecule has 0 aromatic heterocycles. The molecule has 11 heteroatoms. The topological polar surface area (TPSA) is 127 Å². The molecule has 2 heterocycles. The number of nitro groups is 1. The van der Waals surface area contributed by atoms with Gasteiger partial charge in [-0.15, -0.1) is 0 Å². The van der Waals surface area contributed by atoms with Crippen LogP contribution in [0.25, 0.3) is 0 Å². The molecule has 5 rings (SSSR count). The highest BCUT2D eigenvalue weighted by atomic mass is 16.7. The van der Waals surface area contributed by atoms with Crippen LogP contribution in [-0.4, -0.2) is 66.5 Å². The Morgan fingerprint density at radius 2 is 1.67 bits per heavy atom. The standard InChI is InChI=1S/C32H36N4O7/c1-2-19-41-32(38)33-26-9-7-25(8-10-26)31-42-29(20-30(43-31)24-5-3-23(22-37)4-6-24)21-34-15-17-35(18-16-34)27-11-13-28(14-12-27)36(39)40/h2-14,29-31,37H,1,15-22H2,(H,33,38). The number of hydrogen-bond acceptors (Lipinski definition) is 9. The first-order valence-corrected chi connectivity index (χ1v) is 14.3. The van der Waals surface area contributed by atoms with Crippen molar-refractivity contribution in [2.75, 3.05) is 49.5 Å². The zero-order valence-corrected chi connectivity index (χ0v) is 23.8. The summed E-state index contributed by atoms with van der Waals surface area (Å²) in [4.78, 5) is 27.1. The molecule has 3 atom stereocenters. The van der Waals surface area contributed by atoms with E-state index in [1.54, 1.807) is 36.4 Å². The number of amides is 1. The third-order valence-corrected chi connectivity index (χ3v) is 7.64. The first kappa shape index (κ1) is 30.2. The lowest BCUT2D eigenvalue weighted by atomic mass is 9.99. The highest BCUT2D eigenvalue weighted by molar-refractivity contribution is 5.84. The minimum absolute atomic E-state index is 0.0203. The number of anilines is 2. The molecule has 0 aliphatic carbocycles. The molecular formula is C32H36N4O7. The maximum atomic E-state index is 11.9. The van der Waals surface area contributed by atoms with Gasteiger partial charge in [-0.25, -0.2) is 4.79 Å². The van der Waals surface area contributed by atoms with Crippen LogP contribution in [0.5, 0.6) is 0 Å². The summed E-state index contributed by atoms with van der Waals surface area (Å²) >= 11 is 0. The second kappa shape index (κ2) is 14.3. The highest BCUT2D eigenvalue weighted by Crippen LogP contribution is 2.38. The van der Waals surface area contributed by atoms with Gasteiger partial charge in [0.1, 0.15) is 6.61 Å². The summed E-state index contributed by atoms with van der Waals surface area (Å²) in [5, 5.41) is 23.2. The summed E-state index contributed by atoms with van der Waals surface area (Å²) in [5.41, 5.74) is 4.34. The number of rotatable bonds is 10. The van der Waals surface area contributed by atoms with E-state index in [1.165, 1.54) is 6.08 Å². The summed E-state index contributed by atoms with van der Waals surface area (Å²) < 4.78 is 17.9. The van der Waals surface area contributed by atoms with Gasteiger partial charge < -0.3 is 24.2 Å². The Morgan fingerprint density at radius 1 is 1.00 bits per heavy atom. The maximum absolute atomic E-state index is 11.9. The van der Waals surface area contributed by atoms with Crippen molar-refractivity contribution >= 4 is 23.2 Å². The number of aliphatic hydroxyl groups is 1. The molecule has 2 saturated heterocycles. The molecule has 3 aromatic rings. The van der Waals surface area contributed by atoms with E-state index >= 15 is 0 Å². The molecule has 2 N–H and O–H groups in total. The van der Waals surface area contributed by atoms with Gasteiger partial charge in [-0.2, -0.15) is 0 Å². The van der Waals surface area contributed by atoms with E-state index in [-0.39, 0.29) is 36.0 Å². The summed E-state index contributed by atoms with van der Waals surface area (Å²) in [5.74, 6) is 0. The summed E-state index contributed by atoms with van der Waals surface area (Å²) in [6, 6.07) is 21.8. The molecule has 0 radical (unpaired) electrons. The number of nitro benzene ring substituents is 1. The van der Waals surface area contributed by atoms with Crippen molar-refractivity contribution in [2.45, 2.75) is 31.5 Å². The van der Waals surface area contributed by atoms with E-state index < -0.39 is 12.4 Å². The largest absolute Gasteiger partial charge is 0.445 e. The number of hydrogen-bond donors (Lipinski definition) is 2. The van der Waals surface area contributed by atoms with Gasteiger partial charge in [-0.05, 0) is 35.4 Å². The average Bonchev–Trinajstić information content (AvgIpc) is 3.04. The minimum Gasteiger partial charge on any atom is -0.445 e. The van der Waals surface area contributed by atoms with E-state index in [0.717, 1.165) is 55.1 Å². The molecule has 0 spiro atoms. The Hall–Kier alpha value is -4.29. The molecule has 2 fully saturated rings. The van der Waals surface area contributed by atoms with Gasteiger partial charge in [0.2, 0.25) is 0 Å². The Labute approximate surface area is 250 Å². The molecule has 3 unspecified atom stereocenters. The predicted molar refractivity (Wildman–Crippen MR) is 162 cm³/mol. The Kier molecular flexibility index (Phi) is 10.0. The number of carbonyl (C=O) groups is 1. The van der Waals surface area contributed by atoms with Crippen molar-refractivity contribution in [1.29, 1.82) is 0 Å². The van der Waals surface area contributed by atoms with Gasteiger partial charge in [-0.1, -0.05) is 49.1 Å². The number of aliphatic hydroxyl groups excluding tert-OH is 1. The molecule has 43 heavy (non-hydrogen) atoms. The minimum atomic E-state index is -0.607. The first-order chi connectivity index (χ1) is 20.9. The molecule has 0 saturated carbocycles. The van der Waals surface area contributed by atoms with E-state index in [4.69, 9.17) is 14.2 Å². The lowest BCUT2D eigenvalue weighted by Crippen LogP contribution is -2.49. The fraction of sp³-hybridized carbons (Fsp3) is 0.344. The quantitative estimate of drug-likeness (QED) is 0.187. The van der Waals surface area contributed by atoms with Crippen LogP contribution in [0, 0.1) is 10.1 Å². The predicted octanol–water partition coefficient (Wildman–Crippen LogP) is 5.19. The monoisotopic (exact) mass is 588 g/mol. The van der Waals surface area contributed by atoms with Crippen molar-refractivity contribution in [3.8, 4) is 0 Å². The summed E-state index contributed by atoms with van der Waals surface area (Å²) in [6.07, 6.45) is 0.710. The van der Waals surface area contributed by atoms with Gasteiger partial charge in [0.05, 0.1) is 23.7 Å². The normalized spacial score (nSPS) is 20.8. The van der Waals surface area contributed by atoms with Crippen molar-refractivity contribution < 1.29 is 29.0 Å². The van der Waals surface area contributed by atoms with Gasteiger partial charge in [-0.3, -0.25) is 20.3 Å². The van der Waals surface area contributed by atoms with E-state index in [2.05, 4.69) is 21.7 Å². The van der Waals surface area contributed by atoms with Crippen LogP contribution in [0.1, 0.15) is 35.5 Å². The Balaban J connectivity index is 1.24. The van der Waals surface area contributed by atoms with Gasteiger partial charge >= 0.3 is 6.09 Å². The molecule has 3 aromatic carbocycles. The van der Waals surface area contributed by atoms with Crippen LogP contribution in [0.15, 0.2) is 85.5 Å². The first-order valence-electron chi connectivity index (χ1n) is 14.3. The molecule has 2 aliphatic rings. The molecule has 226 valence electrons. The van der Waals surface area contributed by atoms with Crippen LogP contribution in [0.3, 0.4) is 0 Å². The molecule has 1 amide bonds. The van der Waals surface area contributed by atoms with Crippen molar-refractivity contribution in [2.24, 2.45) is 0 Å². The maximum Gasteiger partial charge on any atom is 0.411 e. The van der Waals surface area contributed by atoms with Crippen molar-refractivity contribution in [3.63, 3.8) is 0 Å². The van der Waals surface area contributed by atoms with Crippen LogP contribution in [0.2, 0.25) is 0 Å².